The predicted octanol–water partition coefficient (Wildman–Crippen LogP) is 0.894. The van der Waals surface area contributed by atoms with Gasteiger partial charge in [0.1, 0.15) is 0 Å². The maximum Gasteiger partial charge on any atom is 0.154 e. The maximum absolute atomic E-state index is 9.06. The van der Waals surface area contributed by atoms with Gasteiger partial charge in [-0.15, -0.1) is 0 Å². The van der Waals surface area contributed by atoms with E-state index >= 15 is 0 Å². The molecule has 68 valence electrons. The minimum absolute atomic E-state index is 0.241. The van der Waals surface area contributed by atoms with Crippen LogP contribution in [-0.2, 0) is 4.74 Å². The topological polar surface area (TPSA) is 49.7 Å². The highest BCUT2D eigenvalue weighted by atomic mass is 16.6. The fourth-order valence-corrected chi connectivity index (χ4v) is 0.883. The molecule has 2 N–H and O–H groups in total. The van der Waals surface area contributed by atoms with Crippen molar-refractivity contribution in [2.45, 2.75) is 38.9 Å². The molecular formula is C8H18O3. The first kappa shape index (κ1) is 10.9. The van der Waals surface area contributed by atoms with Crippen LogP contribution in [0.15, 0.2) is 0 Å². The Balaban J connectivity index is 2.97. The lowest BCUT2D eigenvalue weighted by molar-refractivity contribution is -0.0994. The third-order valence-electron chi connectivity index (χ3n) is 1.47. The van der Waals surface area contributed by atoms with E-state index in [0.717, 1.165) is 19.3 Å². The van der Waals surface area contributed by atoms with Gasteiger partial charge in [0.2, 0.25) is 0 Å². The summed E-state index contributed by atoms with van der Waals surface area (Å²) in [4.78, 5) is 0. The number of rotatable bonds is 7. The second-order valence-corrected chi connectivity index (χ2v) is 2.48. The predicted molar refractivity (Wildman–Crippen MR) is 43.2 cm³/mol. The second kappa shape index (κ2) is 7.98. The normalized spacial score (nSPS) is 13.4. The summed E-state index contributed by atoms with van der Waals surface area (Å²) in [5.74, 6) is 0. The van der Waals surface area contributed by atoms with Crippen molar-refractivity contribution in [3.05, 3.63) is 0 Å². The molecule has 1 atom stereocenters. The van der Waals surface area contributed by atoms with E-state index in [9.17, 15) is 0 Å². The summed E-state index contributed by atoms with van der Waals surface area (Å²) in [7, 11) is 0. The third-order valence-corrected chi connectivity index (χ3v) is 1.47. The Morgan fingerprint density at radius 3 is 2.55 bits per heavy atom. The molecule has 0 aliphatic rings. The van der Waals surface area contributed by atoms with Crippen LogP contribution in [0.5, 0.6) is 0 Å². The van der Waals surface area contributed by atoms with E-state index < -0.39 is 6.29 Å². The lowest BCUT2D eigenvalue weighted by Gasteiger charge is -2.08. The zero-order valence-electron chi connectivity index (χ0n) is 7.12. The average Bonchev–Trinajstić information content (AvgIpc) is 1.99. The van der Waals surface area contributed by atoms with Crippen LogP contribution in [0.3, 0.4) is 0 Å². The van der Waals surface area contributed by atoms with Crippen molar-refractivity contribution in [1.29, 1.82) is 0 Å². The van der Waals surface area contributed by atoms with Crippen molar-refractivity contribution in [3.63, 3.8) is 0 Å². The van der Waals surface area contributed by atoms with Gasteiger partial charge in [0.15, 0.2) is 6.29 Å². The Hall–Kier alpha value is -0.120. The SMILES string of the molecule is CCOC(O)CCCCCO. The van der Waals surface area contributed by atoms with Gasteiger partial charge in [-0.1, -0.05) is 6.42 Å². The van der Waals surface area contributed by atoms with E-state index in [1.807, 2.05) is 6.92 Å². The molecule has 0 radical (unpaired) electrons. The van der Waals surface area contributed by atoms with Gasteiger partial charge in [-0.25, -0.2) is 0 Å². The molecule has 3 nitrogen and oxygen atoms in total. The Bertz CT molecular complexity index is 75.7. The summed E-state index contributed by atoms with van der Waals surface area (Å²) < 4.78 is 4.92. The van der Waals surface area contributed by atoms with Crippen LogP contribution in [0, 0.1) is 0 Å². The summed E-state index contributed by atoms with van der Waals surface area (Å²) in [5.41, 5.74) is 0. The monoisotopic (exact) mass is 162 g/mol. The van der Waals surface area contributed by atoms with Crippen LogP contribution in [0.2, 0.25) is 0 Å². The Morgan fingerprint density at radius 2 is 2.00 bits per heavy atom. The van der Waals surface area contributed by atoms with Crippen LogP contribution >= 0.6 is 0 Å². The summed E-state index contributed by atoms with van der Waals surface area (Å²) in [6, 6.07) is 0. The summed E-state index contributed by atoms with van der Waals surface area (Å²) in [6.07, 6.45) is 2.76. The lowest BCUT2D eigenvalue weighted by atomic mass is 10.2. The van der Waals surface area contributed by atoms with Gasteiger partial charge in [-0.3, -0.25) is 0 Å². The van der Waals surface area contributed by atoms with Gasteiger partial charge in [0.25, 0.3) is 0 Å². The lowest BCUT2D eigenvalue weighted by Crippen LogP contribution is -2.11. The first-order valence-electron chi connectivity index (χ1n) is 4.21. The first-order valence-corrected chi connectivity index (χ1v) is 4.21. The molecular weight excluding hydrogens is 144 g/mol. The van der Waals surface area contributed by atoms with E-state index in [-0.39, 0.29) is 6.61 Å². The van der Waals surface area contributed by atoms with Gasteiger partial charge in [0.05, 0.1) is 0 Å². The molecule has 0 rings (SSSR count). The fourth-order valence-electron chi connectivity index (χ4n) is 0.883. The van der Waals surface area contributed by atoms with Crippen LogP contribution in [-0.4, -0.2) is 29.7 Å². The van der Waals surface area contributed by atoms with Crippen molar-refractivity contribution < 1.29 is 14.9 Å². The molecule has 0 aromatic rings. The minimum Gasteiger partial charge on any atom is -0.396 e. The molecule has 0 aromatic carbocycles. The van der Waals surface area contributed by atoms with Gasteiger partial charge in [-0.2, -0.15) is 0 Å². The van der Waals surface area contributed by atoms with Crippen molar-refractivity contribution in [2.24, 2.45) is 0 Å². The van der Waals surface area contributed by atoms with Crippen molar-refractivity contribution >= 4 is 0 Å². The molecule has 0 spiro atoms. The molecule has 0 aliphatic heterocycles. The number of aliphatic hydroxyl groups excluding tert-OH is 2. The van der Waals surface area contributed by atoms with E-state index in [1.54, 1.807) is 0 Å². The molecule has 0 fully saturated rings. The first-order chi connectivity index (χ1) is 5.31. The molecule has 0 heterocycles. The number of unbranched alkanes of at least 4 members (excludes halogenated alkanes) is 2. The molecule has 1 unspecified atom stereocenters. The van der Waals surface area contributed by atoms with Crippen LogP contribution in [0.1, 0.15) is 32.6 Å². The Morgan fingerprint density at radius 1 is 1.27 bits per heavy atom. The molecule has 3 heteroatoms. The Kier molecular flexibility index (Phi) is 7.89. The molecule has 0 bridgehead atoms. The smallest absolute Gasteiger partial charge is 0.154 e. The van der Waals surface area contributed by atoms with Gasteiger partial charge in [-0.05, 0) is 26.2 Å². The minimum atomic E-state index is -0.612. The number of hydrogen-bond acceptors (Lipinski definition) is 3. The van der Waals surface area contributed by atoms with E-state index in [0.29, 0.717) is 13.0 Å². The van der Waals surface area contributed by atoms with Crippen molar-refractivity contribution in [3.8, 4) is 0 Å². The molecule has 0 amide bonds. The summed E-state index contributed by atoms with van der Waals surface area (Å²) in [6.45, 7) is 2.66. The molecule has 0 saturated carbocycles. The van der Waals surface area contributed by atoms with Gasteiger partial charge in [0, 0.05) is 13.2 Å². The highest BCUT2D eigenvalue weighted by Gasteiger charge is 2.00. The van der Waals surface area contributed by atoms with Crippen molar-refractivity contribution in [1.82, 2.24) is 0 Å². The van der Waals surface area contributed by atoms with E-state index in [1.165, 1.54) is 0 Å². The second-order valence-electron chi connectivity index (χ2n) is 2.48. The zero-order chi connectivity index (χ0) is 8.53. The molecule has 0 aromatic heterocycles. The van der Waals surface area contributed by atoms with Gasteiger partial charge >= 0.3 is 0 Å². The van der Waals surface area contributed by atoms with Crippen LogP contribution in [0.25, 0.3) is 0 Å². The number of hydrogen-bond donors (Lipinski definition) is 2. The third kappa shape index (κ3) is 7.78. The fraction of sp³-hybridized carbons (Fsp3) is 1.00. The molecule has 0 saturated heterocycles. The Labute approximate surface area is 68.0 Å². The highest BCUT2D eigenvalue weighted by molar-refractivity contribution is 4.44. The number of aliphatic hydroxyl groups is 2. The van der Waals surface area contributed by atoms with Crippen LogP contribution in [0.4, 0.5) is 0 Å². The van der Waals surface area contributed by atoms with E-state index in [4.69, 9.17) is 14.9 Å². The molecule has 0 aliphatic carbocycles. The average molecular weight is 162 g/mol. The van der Waals surface area contributed by atoms with Crippen LogP contribution < -0.4 is 0 Å². The summed E-state index contributed by atoms with van der Waals surface area (Å²) in [5, 5.41) is 17.5. The highest BCUT2D eigenvalue weighted by Crippen LogP contribution is 2.03. The largest absolute Gasteiger partial charge is 0.396 e. The molecule has 11 heavy (non-hydrogen) atoms. The zero-order valence-corrected chi connectivity index (χ0v) is 7.12. The standard InChI is InChI=1S/C8H18O3/c1-2-11-8(10)6-4-3-5-7-9/h8-10H,2-7H2,1H3. The maximum atomic E-state index is 9.06. The summed E-state index contributed by atoms with van der Waals surface area (Å²) >= 11 is 0. The number of ether oxygens (including phenoxy) is 1. The van der Waals surface area contributed by atoms with Crippen molar-refractivity contribution in [2.75, 3.05) is 13.2 Å². The van der Waals surface area contributed by atoms with E-state index in [2.05, 4.69) is 0 Å². The van der Waals surface area contributed by atoms with Gasteiger partial charge < -0.3 is 14.9 Å². The quantitative estimate of drug-likeness (QED) is 0.432.